The quantitative estimate of drug-likeness (QED) is 0.168. The van der Waals surface area contributed by atoms with Crippen LogP contribution < -0.4 is 0 Å². The molecular formula is C52H56N6. The largest absolute Gasteiger partial charge is 0.208 e. The Morgan fingerprint density at radius 2 is 0.483 bits per heavy atom. The second-order valence-corrected chi connectivity index (χ2v) is 19.5. The van der Waals surface area contributed by atoms with Crippen LogP contribution in [0.5, 0.6) is 0 Å². The Morgan fingerprint density at radius 1 is 0.241 bits per heavy atom. The highest BCUT2D eigenvalue weighted by molar-refractivity contribution is 5.73. The number of benzene rings is 5. The van der Waals surface area contributed by atoms with Gasteiger partial charge in [-0.05, 0) is 74.2 Å². The third-order valence-corrected chi connectivity index (χ3v) is 10.6. The summed E-state index contributed by atoms with van der Waals surface area (Å²) >= 11 is 0. The highest BCUT2D eigenvalue weighted by atomic mass is 15.0. The first-order chi connectivity index (χ1) is 27.2. The second-order valence-electron chi connectivity index (χ2n) is 19.5. The van der Waals surface area contributed by atoms with Crippen molar-refractivity contribution in [3.8, 4) is 68.3 Å². The molecule has 2 aromatic heterocycles. The third-order valence-electron chi connectivity index (χ3n) is 10.6. The Hall–Kier alpha value is -5.88. The van der Waals surface area contributed by atoms with E-state index in [1.165, 1.54) is 22.3 Å². The summed E-state index contributed by atoms with van der Waals surface area (Å²) in [6, 6.07) is 42.0. The van der Waals surface area contributed by atoms with Crippen molar-refractivity contribution in [1.82, 2.24) is 29.9 Å². The maximum absolute atomic E-state index is 5.20. The van der Waals surface area contributed by atoms with E-state index >= 15 is 0 Å². The summed E-state index contributed by atoms with van der Waals surface area (Å²) in [6.45, 7) is 27.0. The lowest BCUT2D eigenvalue weighted by Gasteiger charge is -2.26. The molecular weight excluding hydrogens is 709 g/mol. The molecule has 6 heteroatoms. The first-order valence-electron chi connectivity index (χ1n) is 20.3. The van der Waals surface area contributed by atoms with Crippen molar-refractivity contribution in [1.29, 1.82) is 0 Å². The number of hydrogen-bond acceptors (Lipinski definition) is 6. The molecule has 0 aliphatic heterocycles. The van der Waals surface area contributed by atoms with Crippen LogP contribution in [-0.2, 0) is 21.7 Å². The SMILES string of the molecule is CC(C)(C)c1cc(-c2nc(-c3ccccc3)nc(-c3cccc(-c4nc(-c5ccccc5)nc(-c5cc(C(C)(C)C)cc(C(C)(C)C)c5)n4)c3)n2)cc(C(C)(C)C)c1. The van der Waals surface area contributed by atoms with E-state index in [1.807, 2.05) is 78.9 Å². The summed E-state index contributed by atoms with van der Waals surface area (Å²) in [7, 11) is 0. The van der Waals surface area contributed by atoms with Gasteiger partial charge < -0.3 is 0 Å². The summed E-state index contributed by atoms with van der Waals surface area (Å²) in [5.41, 5.74) is 10.2. The van der Waals surface area contributed by atoms with E-state index in [0.717, 1.165) is 33.4 Å². The van der Waals surface area contributed by atoms with E-state index in [2.05, 4.69) is 126 Å². The van der Waals surface area contributed by atoms with Crippen molar-refractivity contribution in [2.75, 3.05) is 0 Å². The van der Waals surface area contributed by atoms with Crippen molar-refractivity contribution in [2.45, 2.75) is 105 Å². The van der Waals surface area contributed by atoms with Crippen molar-refractivity contribution in [3.63, 3.8) is 0 Å². The van der Waals surface area contributed by atoms with Gasteiger partial charge >= 0.3 is 0 Å². The van der Waals surface area contributed by atoms with Crippen molar-refractivity contribution >= 4 is 0 Å². The molecule has 2 heterocycles. The molecule has 0 bridgehead atoms. The predicted octanol–water partition coefficient (Wildman–Crippen LogP) is 13.2. The highest BCUT2D eigenvalue weighted by Gasteiger charge is 2.25. The fraction of sp³-hybridized carbons (Fsp3) is 0.308. The molecule has 0 amide bonds. The fourth-order valence-electron chi connectivity index (χ4n) is 6.74. The van der Waals surface area contributed by atoms with Gasteiger partial charge in [-0.1, -0.05) is 174 Å². The van der Waals surface area contributed by atoms with Crippen LogP contribution in [0.4, 0.5) is 0 Å². The molecule has 0 fully saturated rings. The molecule has 5 aromatic carbocycles. The van der Waals surface area contributed by atoms with E-state index in [4.69, 9.17) is 29.9 Å². The zero-order valence-electron chi connectivity index (χ0n) is 36.2. The molecule has 0 N–H and O–H groups in total. The van der Waals surface area contributed by atoms with Gasteiger partial charge in [0.2, 0.25) is 0 Å². The lowest BCUT2D eigenvalue weighted by molar-refractivity contribution is 0.568. The van der Waals surface area contributed by atoms with Crippen LogP contribution >= 0.6 is 0 Å². The maximum atomic E-state index is 5.20. The van der Waals surface area contributed by atoms with Gasteiger partial charge in [-0.2, -0.15) is 0 Å². The number of hydrogen-bond donors (Lipinski definition) is 0. The van der Waals surface area contributed by atoms with Crippen LogP contribution in [-0.4, -0.2) is 29.9 Å². The molecule has 0 aliphatic rings. The van der Waals surface area contributed by atoms with Crippen LogP contribution in [0.25, 0.3) is 68.3 Å². The Morgan fingerprint density at radius 3 is 0.759 bits per heavy atom. The smallest absolute Gasteiger partial charge is 0.164 e. The normalized spacial score (nSPS) is 12.5. The molecule has 7 rings (SSSR count). The molecule has 0 spiro atoms. The first kappa shape index (κ1) is 40.3. The van der Waals surface area contributed by atoms with Crippen LogP contribution in [0.1, 0.15) is 105 Å². The Balaban J connectivity index is 1.42. The average Bonchev–Trinajstić information content (AvgIpc) is 3.19. The molecule has 6 nitrogen and oxygen atoms in total. The van der Waals surface area contributed by atoms with Crippen LogP contribution in [0.3, 0.4) is 0 Å². The fourth-order valence-corrected chi connectivity index (χ4v) is 6.74. The minimum Gasteiger partial charge on any atom is -0.208 e. The van der Waals surface area contributed by atoms with E-state index in [0.29, 0.717) is 34.9 Å². The minimum absolute atomic E-state index is 0.0627. The molecule has 58 heavy (non-hydrogen) atoms. The minimum atomic E-state index is -0.0627. The summed E-state index contributed by atoms with van der Waals surface area (Å²) in [5, 5.41) is 0. The topological polar surface area (TPSA) is 77.3 Å². The molecule has 0 saturated carbocycles. The molecule has 0 atom stereocenters. The van der Waals surface area contributed by atoms with Crippen LogP contribution in [0, 0.1) is 0 Å². The van der Waals surface area contributed by atoms with Gasteiger partial charge in [0.1, 0.15) is 0 Å². The van der Waals surface area contributed by atoms with Gasteiger partial charge in [0.15, 0.2) is 34.9 Å². The molecule has 0 saturated heterocycles. The molecule has 0 unspecified atom stereocenters. The Kier molecular flexibility index (Phi) is 10.5. The van der Waals surface area contributed by atoms with Crippen molar-refractivity contribution < 1.29 is 0 Å². The summed E-state index contributed by atoms with van der Waals surface area (Å²) in [4.78, 5) is 30.8. The van der Waals surface area contributed by atoms with Gasteiger partial charge in [0.25, 0.3) is 0 Å². The van der Waals surface area contributed by atoms with Crippen LogP contribution in [0.2, 0.25) is 0 Å². The lowest BCUT2D eigenvalue weighted by Crippen LogP contribution is -2.16. The van der Waals surface area contributed by atoms with Gasteiger partial charge in [-0.25, -0.2) is 29.9 Å². The van der Waals surface area contributed by atoms with Gasteiger partial charge in [0, 0.05) is 33.4 Å². The zero-order valence-corrected chi connectivity index (χ0v) is 36.2. The van der Waals surface area contributed by atoms with Gasteiger partial charge in [-0.15, -0.1) is 0 Å². The zero-order chi connectivity index (χ0) is 41.6. The molecule has 7 aromatic rings. The van der Waals surface area contributed by atoms with E-state index < -0.39 is 0 Å². The average molecular weight is 765 g/mol. The van der Waals surface area contributed by atoms with E-state index in [-0.39, 0.29) is 21.7 Å². The number of aromatic nitrogens is 6. The monoisotopic (exact) mass is 764 g/mol. The van der Waals surface area contributed by atoms with E-state index in [9.17, 15) is 0 Å². The van der Waals surface area contributed by atoms with Gasteiger partial charge in [0.05, 0.1) is 0 Å². The molecule has 0 radical (unpaired) electrons. The standard InChI is InChI=1S/C52H56N6/c1-49(2,3)39-27-37(28-40(31-39)50(4,5)6)47-55-43(33-20-15-13-16-21-33)53-45(57-47)35-24-19-25-36(26-35)46-54-44(34-22-17-14-18-23-34)56-48(58-46)38-29-41(51(7,8)9)32-42(30-38)52(10,11)12/h13-32H,1-12H3. The third kappa shape index (κ3) is 8.97. The Bertz CT molecular complexity index is 2340. The summed E-state index contributed by atoms with van der Waals surface area (Å²) < 4.78 is 0. The maximum Gasteiger partial charge on any atom is 0.164 e. The predicted molar refractivity (Wildman–Crippen MR) is 241 cm³/mol. The van der Waals surface area contributed by atoms with Crippen molar-refractivity contribution in [3.05, 3.63) is 144 Å². The summed E-state index contributed by atoms with van der Waals surface area (Å²) in [6.07, 6.45) is 0. The van der Waals surface area contributed by atoms with Gasteiger partial charge in [-0.3, -0.25) is 0 Å². The van der Waals surface area contributed by atoms with E-state index in [1.54, 1.807) is 0 Å². The summed E-state index contributed by atoms with van der Waals surface area (Å²) in [5.74, 6) is 3.66. The first-order valence-corrected chi connectivity index (χ1v) is 20.3. The second kappa shape index (κ2) is 15.1. The highest BCUT2D eigenvalue weighted by Crippen LogP contribution is 2.37. The Labute approximate surface area is 345 Å². The van der Waals surface area contributed by atoms with Crippen molar-refractivity contribution in [2.24, 2.45) is 0 Å². The molecule has 0 aliphatic carbocycles. The lowest BCUT2D eigenvalue weighted by atomic mass is 9.79. The molecule has 294 valence electrons. The number of nitrogens with zero attached hydrogens (tertiary/aromatic N) is 6. The number of rotatable bonds is 6. The van der Waals surface area contributed by atoms with Crippen LogP contribution in [0.15, 0.2) is 121 Å².